The van der Waals surface area contributed by atoms with Crippen molar-refractivity contribution in [2.24, 2.45) is 0 Å². The zero-order valence-electron chi connectivity index (χ0n) is 11.4. The van der Waals surface area contributed by atoms with E-state index >= 15 is 0 Å². The Morgan fingerprint density at radius 1 is 1.41 bits per heavy atom. The lowest BCUT2D eigenvalue weighted by molar-refractivity contribution is -0.384. The van der Waals surface area contributed by atoms with Crippen molar-refractivity contribution in [2.75, 3.05) is 12.4 Å². The second-order valence-corrected chi connectivity index (χ2v) is 6.10. The van der Waals surface area contributed by atoms with Crippen LogP contribution in [0.1, 0.15) is 16.8 Å². The number of nitro groups is 1. The summed E-state index contributed by atoms with van der Waals surface area (Å²) in [6.07, 6.45) is 2.31. The van der Waals surface area contributed by atoms with Crippen LogP contribution in [0.2, 0.25) is 0 Å². The van der Waals surface area contributed by atoms with Gasteiger partial charge in [0.2, 0.25) is 5.91 Å². The van der Waals surface area contributed by atoms with E-state index in [1.807, 2.05) is 0 Å². The van der Waals surface area contributed by atoms with Gasteiger partial charge in [0, 0.05) is 24.1 Å². The van der Waals surface area contributed by atoms with E-state index in [4.69, 9.17) is 4.74 Å². The molecule has 8 heteroatoms. The molecule has 2 aliphatic rings. The Balaban J connectivity index is 1.58. The molecular weight excluding hydrogens is 308 g/mol. The topological polar surface area (TPSA) is 89.8 Å². The van der Waals surface area contributed by atoms with Crippen molar-refractivity contribution >= 4 is 29.3 Å². The summed E-state index contributed by atoms with van der Waals surface area (Å²) < 4.78 is 5.18. The van der Waals surface area contributed by atoms with Crippen LogP contribution in [-0.2, 0) is 9.53 Å². The first-order valence-electron chi connectivity index (χ1n) is 6.58. The summed E-state index contributed by atoms with van der Waals surface area (Å²) in [5.74, 6) is 0.261. The van der Waals surface area contributed by atoms with E-state index in [2.05, 4.69) is 0 Å². The monoisotopic (exact) mass is 320 g/mol. The minimum atomic E-state index is -0.544. The van der Waals surface area contributed by atoms with Gasteiger partial charge in [-0.1, -0.05) is 0 Å². The summed E-state index contributed by atoms with van der Waals surface area (Å²) in [4.78, 5) is 34.9. The van der Waals surface area contributed by atoms with Crippen molar-refractivity contribution < 1.29 is 19.2 Å². The lowest BCUT2D eigenvalue weighted by Crippen LogP contribution is -2.49. The summed E-state index contributed by atoms with van der Waals surface area (Å²) in [6, 6.07) is 5.24. The minimum absolute atomic E-state index is 0.0784. The van der Waals surface area contributed by atoms with Crippen LogP contribution in [0.25, 0.3) is 0 Å². The van der Waals surface area contributed by atoms with Gasteiger partial charge >= 0.3 is 5.97 Å². The summed E-state index contributed by atoms with van der Waals surface area (Å²) >= 11 is 1.65. The fraction of sp³-hybridized carbons (Fsp3) is 0.286. The van der Waals surface area contributed by atoms with Gasteiger partial charge in [0.05, 0.1) is 22.3 Å². The van der Waals surface area contributed by atoms with Crippen molar-refractivity contribution in [1.29, 1.82) is 0 Å². The lowest BCUT2D eigenvalue weighted by atomic mass is 10.2. The molecular formula is C14H12N2O5S. The molecule has 1 aromatic carbocycles. The number of thioether (sulfide) groups is 1. The number of hydrogen-bond acceptors (Lipinski definition) is 6. The molecule has 0 bridgehead atoms. The van der Waals surface area contributed by atoms with Gasteiger partial charge < -0.3 is 9.64 Å². The standard InChI is InChI=1S/C14H12N2O5S/c17-12-5-13-15(12)6-9(8-22-13)7-21-14(18)10-1-3-11(4-2-10)16(19)20/h1-4,6,13H,5,7-8H2/t13-/m1/s1. The van der Waals surface area contributed by atoms with Gasteiger partial charge in [-0.2, -0.15) is 0 Å². The third-order valence-corrected chi connectivity index (χ3v) is 4.75. The predicted molar refractivity (Wildman–Crippen MR) is 79.2 cm³/mol. The first kappa shape index (κ1) is 14.6. The number of amides is 1. The molecule has 7 nitrogen and oxygen atoms in total. The molecule has 0 aromatic heterocycles. The molecule has 1 atom stereocenters. The molecule has 0 spiro atoms. The smallest absolute Gasteiger partial charge is 0.338 e. The second-order valence-electron chi connectivity index (χ2n) is 4.94. The average molecular weight is 320 g/mol. The van der Waals surface area contributed by atoms with Gasteiger partial charge in [-0.3, -0.25) is 14.9 Å². The SMILES string of the molecule is O=C(OCC1=CN2C(=O)C[C@H]2SC1)c1ccc([N+](=O)[O-])cc1. The Morgan fingerprint density at radius 3 is 2.77 bits per heavy atom. The van der Waals surface area contributed by atoms with Gasteiger partial charge in [-0.15, -0.1) is 11.8 Å². The van der Waals surface area contributed by atoms with Crippen LogP contribution in [-0.4, -0.2) is 39.4 Å². The first-order valence-corrected chi connectivity index (χ1v) is 7.63. The number of esters is 1. The van der Waals surface area contributed by atoms with E-state index in [-0.39, 0.29) is 29.1 Å². The number of non-ortho nitro benzene ring substituents is 1. The number of nitrogens with zero attached hydrogens (tertiary/aromatic N) is 2. The molecule has 0 radical (unpaired) electrons. The van der Waals surface area contributed by atoms with E-state index in [1.165, 1.54) is 24.3 Å². The third kappa shape index (κ3) is 2.82. The predicted octanol–water partition coefficient (Wildman–Crippen LogP) is 1.94. The minimum Gasteiger partial charge on any atom is -0.457 e. The number of nitro benzene ring substituents is 1. The van der Waals surface area contributed by atoms with Gasteiger partial charge in [-0.25, -0.2) is 4.79 Å². The average Bonchev–Trinajstić information content (AvgIpc) is 2.52. The maximum Gasteiger partial charge on any atom is 0.338 e. The molecule has 1 amide bonds. The van der Waals surface area contributed by atoms with Crippen LogP contribution >= 0.6 is 11.8 Å². The Bertz CT molecular complexity index is 670. The van der Waals surface area contributed by atoms with Crippen molar-refractivity contribution in [3.05, 3.63) is 51.7 Å². The van der Waals surface area contributed by atoms with Crippen molar-refractivity contribution in [3.63, 3.8) is 0 Å². The largest absolute Gasteiger partial charge is 0.457 e. The molecule has 2 aliphatic heterocycles. The maximum atomic E-state index is 11.9. The van der Waals surface area contributed by atoms with Crippen LogP contribution in [0.3, 0.4) is 0 Å². The zero-order chi connectivity index (χ0) is 15.7. The fourth-order valence-corrected chi connectivity index (χ4v) is 3.34. The highest BCUT2D eigenvalue weighted by Crippen LogP contribution is 2.35. The van der Waals surface area contributed by atoms with Crippen LogP contribution < -0.4 is 0 Å². The highest BCUT2D eigenvalue weighted by Gasteiger charge is 2.37. The van der Waals surface area contributed by atoms with E-state index in [9.17, 15) is 19.7 Å². The maximum absolute atomic E-state index is 11.9. The number of benzene rings is 1. The number of fused-ring (bicyclic) bond motifs is 1. The van der Waals surface area contributed by atoms with E-state index in [1.54, 1.807) is 22.9 Å². The van der Waals surface area contributed by atoms with E-state index < -0.39 is 10.9 Å². The molecule has 114 valence electrons. The molecule has 1 fully saturated rings. The van der Waals surface area contributed by atoms with Crippen molar-refractivity contribution in [3.8, 4) is 0 Å². The van der Waals surface area contributed by atoms with Gasteiger partial charge in [0.15, 0.2) is 0 Å². The number of carbonyl (C=O) groups excluding carboxylic acids is 2. The van der Waals surface area contributed by atoms with Gasteiger partial charge in [0.25, 0.3) is 5.69 Å². The van der Waals surface area contributed by atoms with Crippen molar-refractivity contribution in [2.45, 2.75) is 11.8 Å². The molecule has 0 aliphatic carbocycles. The van der Waals surface area contributed by atoms with Crippen molar-refractivity contribution in [1.82, 2.24) is 4.90 Å². The Morgan fingerprint density at radius 2 is 2.14 bits per heavy atom. The summed E-state index contributed by atoms with van der Waals surface area (Å²) in [6.45, 7) is 0.110. The van der Waals surface area contributed by atoms with Crippen LogP contribution in [0.4, 0.5) is 5.69 Å². The van der Waals surface area contributed by atoms with Crippen LogP contribution in [0.5, 0.6) is 0 Å². The normalized spacial score (nSPS) is 19.8. The summed E-state index contributed by atoms with van der Waals surface area (Å²) in [7, 11) is 0. The molecule has 1 aromatic rings. The van der Waals surface area contributed by atoms with E-state index in [0.29, 0.717) is 6.42 Å². The first-order chi connectivity index (χ1) is 10.5. The van der Waals surface area contributed by atoms with E-state index in [0.717, 1.165) is 11.3 Å². The molecule has 0 unspecified atom stereocenters. The highest BCUT2D eigenvalue weighted by atomic mass is 32.2. The molecule has 3 rings (SSSR count). The molecule has 0 saturated carbocycles. The summed E-state index contributed by atoms with van der Waals surface area (Å²) in [5.41, 5.74) is 1.04. The summed E-state index contributed by atoms with van der Waals surface area (Å²) in [5, 5.41) is 10.8. The third-order valence-electron chi connectivity index (χ3n) is 3.43. The number of rotatable bonds is 4. The van der Waals surface area contributed by atoms with Crippen LogP contribution in [0.15, 0.2) is 36.0 Å². The Labute approximate surface area is 130 Å². The van der Waals surface area contributed by atoms with Gasteiger partial charge in [0.1, 0.15) is 6.61 Å². The quantitative estimate of drug-likeness (QED) is 0.364. The number of hydrogen-bond donors (Lipinski definition) is 0. The molecule has 0 N–H and O–H groups in total. The zero-order valence-corrected chi connectivity index (χ0v) is 12.2. The van der Waals surface area contributed by atoms with Gasteiger partial charge in [-0.05, 0) is 17.7 Å². The second kappa shape index (κ2) is 5.80. The number of β-lactam (4-membered cyclic amide) rings is 1. The molecule has 1 saturated heterocycles. The Kier molecular flexibility index (Phi) is 3.84. The number of ether oxygens (including phenoxy) is 1. The molecule has 2 heterocycles. The highest BCUT2D eigenvalue weighted by molar-refractivity contribution is 8.00. The fourth-order valence-electron chi connectivity index (χ4n) is 2.17. The molecule has 22 heavy (non-hydrogen) atoms. The lowest BCUT2D eigenvalue weighted by Gasteiger charge is -2.40. The Hall–Kier alpha value is -2.35. The number of carbonyl (C=O) groups is 2. The van der Waals surface area contributed by atoms with Crippen LogP contribution in [0, 0.1) is 10.1 Å².